The van der Waals surface area contributed by atoms with Gasteiger partial charge in [-0.3, -0.25) is 9.59 Å². The molecule has 0 bridgehead atoms. The molecule has 2 aromatic carbocycles. The van der Waals surface area contributed by atoms with Gasteiger partial charge in [0.05, 0.1) is 13.2 Å². The third-order valence-corrected chi connectivity index (χ3v) is 4.92. The Morgan fingerprint density at radius 1 is 1.14 bits per heavy atom. The van der Waals surface area contributed by atoms with Gasteiger partial charge in [0, 0.05) is 23.7 Å². The molecule has 0 radical (unpaired) electrons. The first kappa shape index (κ1) is 19.9. The fraction of sp³-hybridized carbons (Fsp3) is 0.364. The Labute approximate surface area is 165 Å². The lowest BCUT2D eigenvalue weighted by Gasteiger charge is -2.25. The summed E-state index contributed by atoms with van der Waals surface area (Å²) >= 11 is 0. The molecule has 1 saturated carbocycles. The maximum atomic E-state index is 12.5. The predicted octanol–water partition coefficient (Wildman–Crippen LogP) is 3.08. The number of nitrogens with one attached hydrogen (secondary N) is 2. The molecule has 148 valence electrons. The summed E-state index contributed by atoms with van der Waals surface area (Å²) in [4.78, 5) is 26.4. The van der Waals surface area contributed by atoms with Gasteiger partial charge in [-0.2, -0.15) is 0 Å². The van der Waals surface area contributed by atoms with E-state index in [1.807, 2.05) is 38.4 Å². The summed E-state index contributed by atoms with van der Waals surface area (Å²) in [6.45, 7) is 0.471. The van der Waals surface area contributed by atoms with E-state index in [4.69, 9.17) is 4.74 Å². The van der Waals surface area contributed by atoms with Gasteiger partial charge in [0.1, 0.15) is 5.75 Å². The molecule has 0 saturated heterocycles. The number of hydrogen-bond donors (Lipinski definition) is 2. The summed E-state index contributed by atoms with van der Waals surface area (Å²) in [5, 5.41) is 5.87. The fourth-order valence-corrected chi connectivity index (χ4v) is 3.03. The van der Waals surface area contributed by atoms with Crippen molar-refractivity contribution in [3.8, 4) is 5.75 Å². The first-order valence-electron chi connectivity index (χ1n) is 9.47. The molecule has 0 aromatic heterocycles. The van der Waals surface area contributed by atoms with Gasteiger partial charge in [0.15, 0.2) is 0 Å². The molecule has 1 atom stereocenters. The molecule has 3 rings (SSSR count). The molecule has 2 aromatic rings. The number of nitrogens with zero attached hydrogens (tertiary/aromatic N) is 1. The van der Waals surface area contributed by atoms with Crippen molar-refractivity contribution in [2.45, 2.75) is 18.9 Å². The monoisotopic (exact) mass is 381 g/mol. The number of carbonyl (C=O) groups excluding carboxylic acids is 2. The topological polar surface area (TPSA) is 70.7 Å². The van der Waals surface area contributed by atoms with Crippen LogP contribution >= 0.6 is 0 Å². The Hall–Kier alpha value is -2.86. The second kappa shape index (κ2) is 8.89. The number of hydrogen-bond acceptors (Lipinski definition) is 4. The van der Waals surface area contributed by atoms with Gasteiger partial charge in [-0.25, -0.2) is 0 Å². The third-order valence-electron chi connectivity index (χ3n) is 4.92. The molecular weight excluding hydrogens is 354 g/mol. The molecule has 2 N–H and O–H groups in total. The molecule has 1 aliphatic rings. The Morgan fingerprint density at radius 2 is 1.86 bits per heavy atom. The smallest absolute Gasteiger partial charge is 0.251 e. The summed E-state index contributed by atoms with van der Waals surface area (Å²) < 4.78 is 5.30. The normalized spacial score (nSPS) is 14.4. The fourth-order valence-electron chi connectivity index (χ4n) is 3.03. The van der Waals surface area contributed by atoms with Crippen LogP contribution in [0.1, 0.15) is 34.8 Å². The highest BCUT2D eigenvalue weighted by Crippen LogP contribution is 2.30. The lowest BCUT2D eigenvalue weighted by Crippen LogP contribution is -2.34. The van der Waals surface area contributed by atoms with Crippen LogP contribution in [0, 0.1) is 5.92 Å². The van der Waals surface area contributed by atoms with Crippen molar-refractivity contribution >= 4 is 17.5 Å². The van der Waals surface area contributed by atoms with Crippen molar-refractivity contribution in [2.75, 3.05) is 33.1 Å². The van der Waals surface area contributed by atoms with Crippen LogP contribution in [0.4, 0.5) is 5.69 Å². The van der Waals surface area contributed by atoms with E-state index >= 15 is 0 Å². The van der Waals surface area contributed by atoms with E-state index < -0.39 is 0 Å². The summed E-state index contributed by atoms with van der Waals surface area (Å²) in [6, 6.07) is 14.9. The summed E-state index contributed by atoms with van der Waals surface area (Å²) in [5.74, 6) is 0.862. The highest BCUT2D eigenvalue weighted by Gasteiger charge is 2.29. The van der Waals surface area contributed by atoms with Crippen molar-refractivity contribution in [1.82, 2.24) is 10.2 Å². The Morgan fingerprint density at radius 3 is 2.46 bits per heavy atom. The van der Waals surface area contributed by atoms with E-state index in [1.165, 1.54) is 0 Å². The first-order chi connectivity index (χ1) is 13.5. The van der Waals surface area contributed by atoms with Crippen LogP contribution in [-0.2, 0) is 4.79 Å². The molecule has 6 heteroatoms. The average molecular weight is 381 g/mol. The number of amides is 2. The van der Waals surface area contributed by atoms with Crippen molar-refractivity contribution < 1.29 is 14.3 Å². The van der Waals surface area contributed by atoms with E-state index in [2.05, 4.69) is 15.5 Å². The van der Waals surface area contributed by atoms with Gasteiger partial charge >= 0.3 is 0 Å². The first-order valence-corrected chi connectivity index (χ1v) is 9.47. The van der Waals surface area contributed by atoms with E-state index in [1.54, 1.807) is 31.4 Å². The molecular formula is C22H27N3O3. The van der Waals surface area contributed by atoms with Crippen LogP contribution in [-0.4, -0.2) is 44.5 Å². The quantitative estimate of drug-likeness (QED) is 0.737. The number of methoxy groups -OCH3 is 1. The van der Waals surface area contributed by atoms with E-state index in [9.17, 15) is 9.59 Å². The molecule has 0 spiro atoms. The van der Waals surface area contributed by atoms with Crippen molar-refractivity contribution in [2.24, 2.45) is 5.92 Å². The number of likely N-dealkylation sites (N-methyl/N-ethyl adjacent to an activating group) is 1. The van der Waals surface area contributed by atoms with E-state index in [0.717, 1.165) is 29.8 Å². The second-order valence-corrected chi connectivity index (χ2v) is 7.31. The molecule has 6 nitrogen and oxygen atoms in total. The zero-order chi connectivity index (χ0) is 20.1. The number of anilines is 1. The van der Waals surface area contributed by atoms with Crippen LogP contribution in [0.25, 0.3) is 0 Å². The van der Waals surface area contributed by atoms with Crippen LogP contribution in [0.3, 0.4) is 0 Å². The van der Waals surface area contributed by atoms with Crippen LogP contribution in [0.2, 0.25) is 0 Å². The van der Waals surface area contributed by atoms with Crippen LogP contribution in [0.15, 0.2) is 48.5 Å². The lowest BCUT2D eigenvalue weighted by molar-refractivity contribution is -0.117. The number of benzene rings is 2. The van der Waals surface area contributed by atoms with Gasteiger partial charge in [-0.05, 0) is 68.9 Å². The predicted molar refractivity (Wildman–Crippen MR) is 110 cm³/mol. The molecule has 2 amide bonds. The van der Waals surface area contributed by atoms with Crippen molar-refractivity contribution in [1.29, 1.82) is 0 Å². The maximum Gasteiger partial charge on any atom is 0.251 e. The Kier molecular flexibility index (Phi) is 6.31. The van der Waals surface area contributed by atoms with Gasteiger partial charge < -0.3 is 20.3 Å². The third kappa shape index (κ3) is 5.10. The van der Waals surface area contributed by atoms with Gasteiger partial charge in [-0.1, -0.05) is 12.1 Å². The van der Waals surface area contributed by atoms with Gasteiger partial charge in [0.25, 0.3) is 5.91 Å². The molecule has 28 heavy (non-hydrogen) atoms. The molecule has 1 aliphatic carbocycles. The lowest BCUT2D eigenvalue weighted by atomic mass is 10.1. The maximum absolute atomic E-state index is 12.5. The Bertz CT molecular complexity index is 829. The summed E-state index contributed by atoms with van der Waals surface area (Å²) in [7, 11) is 5.60. The number of ether oxygens (including phenoxy) is 1. The minimum Gasteiger partial charge on any atom is -0.497 e. The minimum absolute atomic E-state index is 0.0242. The minimum atomic E-state index is -0.144. The van der Waals surface area contributed by atoms with Crippen molar-refractivity contribution in [3.63, 3.8) is 0 Å². The van der Waals surface area contributed by atoms with Gasteiger partial charge in [0.2, 0.25) is 5.91 Å². The standard InChI is InChI=1S/C22H27N3O3/c1-25(2)20(17-5-4-6-19(13-17)28-3)14-23-21(26)15-9-11-18(12-10-15)24-22(27)16-7-8-16/h4-6,9-13,16,20H,7-8,14H2,1-3H3,(H,23,26)(H,24,27). The second-order valence-electron chi connectivity index (χ2n) is 7.31. The van der Waals surface area contributed by atoms with Crippen molar-refractivity contribution in [3.05, 3.63) is 59.7 Å². The molecule has 1 fully saturated rings. The zero-order valence-corrected chi connectivity index (χ0v) is 16.6. The SMILES string of the molecule is COc1cccc(C(CNC(=O)c2ccc(NC(=O)C3CC3)cc2)N(C)C)c1. The van der Waals surface area contributed by atoms with Crippen LogP contribution in [0.5, 0.6) is 5.75 Å². The van der Waals surface area contributed by atoms with Crippen LogP contribution < -0.4 is 15.4 Å². The zero-order valence-electron chi connectivity index (χ0n) is 16.6. The summed E-state index contributed by atoms with van der Waals surface area (Å²) in [5.41, 5.74) is 2.35. The van der Waals surface area contributed by atoms with E-state index in [-0.39, 0.29) is 23.8 Å². The number of carbonyl (C=O) groups is 2. The van der Waals surface area contributed by atoms with Gasteiger partial charge in [-0.15, -0.1) is 0 Å². The molecule has 0 aliphatic heterocycles. The largest absolute Gasteiger partial charge is 0.497 e. The molecule has 0 heterocycles. The highest BCUT2D eigenvalue weighted by molar-refractivity contribution is 5.96. The number of rotatable bonds is 8. The summed E-state index contributed by atoms with van der Waals surface area (Å²) in [6.07, 6.45) is 1.93. The average Bonchev–Trinajstić information content (AvgIpc) is 3.54. The Balaban J connectivity index is 1.60. The molecule has 1 unspecified atom stereocenters. The highest BCUT2D eigenvalue weighted by atomic mass is 16.5. The van der Waals surface area contributed by atoms with E-state index in [0.29, 0.717) is 12.1 Å².